The van der Waals surface area contributed by atoms with E-state index >= 15 is 0 Å². The van der Waals surface area contributed by atoms with Crippen molar-refractivity contribution in [1.29, 1.82) is 0 Å². The van der Waals surface area contributed by atoms with E-state index in [2.05, 4.69) is 18.8 Å². The van der Waals surface area contributed by atoms with Crippen LogP contribution < -0.4 is 5.32 Å². The first-order chi connectivity index (χ1) is 5.33. The van der Waals surface area contributed by atoms with Crippen LogP contribution in [0.5, 0.6) is 0 Å². The zero-order valence-corrected chi connectivity index (χ0v) is 7.47. The number of nitrogens with one attached hydrogen (secondary N) is 1. The molecule has 64 valence electrons. The monoisotopic (exact) mass is 153 g/mol. The van der Waals surface area contributed by atoms with Crippen molar-refractivity contribution in [2.45, 2.75) is 38.6 Å². The SMILES string of the molecule is C=CCC(C)NCC1CCC1. The Labute approximate surface area is 69.9 Å². The topological polar surface area (TPSA) is 12.0 Å². The highest BCUT2D eigenvalue weighted by molar-refractivity contribution is 4.77. The van der Waals surface area contributed by atoms with Crippen LogP contribution in [-0.2, 0) is 0 Å². The predicted octanol–water partition coefficient (Wildman–Crippen LogP) is 2.34. The summed E-state index contributed by atoms with van der Waals surface area (Å²) in [6, 6.07) is 0.619. The first-order valence-corrected chi connectivity index (χ1v) is 4.67. The van der Waals surface area contributed by atoms with Gasteiger partial charge in [-0.1, -0.05) is 12.5 Å². The second kappa shape index (κ2) is 4.55. The lowest BCUT2D eigenvalue weighted by molar-refractivity contribution is 0.292. The molecule has 1 heteroatoms. The van der Waals surface area contributed by atoms with Crippen LogP contribution in [0.15, 0.2) is 12.7 Å². The summed E-state index contributed by atoms with van der Waals surface area (Å²) in [5.41, 5.74) is 0. The standard InChI is InChI=1S/C10H19N/c1-3-5-9(2)11-8-10-6-4-7-10/h3,9-11H,1,4-8H2,2H3. The van der Waals surface area contributed by atoms with Crippen molar-refractivity contribution in [3.05, 3.63) is 12.7 Å². The van der Waals surface area contributed by atoms with Crippen molar-refractivity contribution in [3.63, 3.8) is 0 Å². The molecule has 1 rings (SSSR count). The second-order valence-corrected chi connectivity index (χ2v) is 3.63. The van der Waals surface area contributed by atoms with Gasteiger partial charge in [0, 0.05) is 6.04 Å². The van der Waals surface area contributed by atoms with Gasteiger partial charge >= 0.3 is 0 Å². The number of hydrogen-bond acceptors (Lipinski definition) is 1. The largest absolute Gasteiger partial charge is 0.314 e. The van der Waals surface area contributed by atoms with Gasteiger partial charge in [-0.05, 0) is 38.6 Å². The molecule has 0 heterocycles. The molecule has 0 radical (unpaired) electrons. The van der Waals surface area contributed by atoms with E-state index in [9.17, 15) is 0 Å². The van der Waals surface area contributed by atoms with Gasteiger partial charge in [-0.25, -0.2) is 0 Å². The maximum atomic E-state index is 3.72. The van der Waals surface area contributed by atoms with Crippen molar-refractivity contribution in [2.24, 2.45) is 5.92 Å². The van der Waals surface area contributed by atoms with Gasteiger partial charge in [0.15, 0.2) is 0 Å². The van der Waals surface area contributed by atoms with Crippen molar-refractivity contribution < 1.29 is 0 Å². The molecule has 1 unspecified atom stereocenters. The second-order valence-electron chi connectivity index (χ2n) is 3.63. The number of hydrogen-bond donors (Lipinski definition) is 1. The van der Waals surface area contributed by atoms with E-state index in [4.69, 9.17) is 0 Å². The summed E-state index contributed by atoms with van der Waals surface area (Å²) >= 11 is 0. The van der Waals surface area contributed by atoms with Crippen LogP contribution in [0.2, 0.25) is 0 Å². The van der Waals surface area contributed by atoms with E-state index in [1.165, 1.54) is 25.8 Å². The lowest BCUT2D eigenvalue weighted by atomic mass is 9.85. The van der Waals surface area contributed by atoms with Gasteiger partial charge < -0.3 is 5.32 Å². The highest BCUT2D eigenvalue weighted by Gasteiger charge is 2.16. The van der Waals surface area contributed by atoms with Crippen LogP contribution in [0.25, 0.3) is 0 Å². The van der Waals surface area contributed by atoms with Crippen LogP contribution in [0, 0.1) is 5.92 Å². The van der Waals surface area contributed by atoms with Gasteiger partial charge in [0.05, 0.1) is 0 Å². The molecule has 1 aliphatic carbocycles. The molecule has 1 saturated carbocycles. The lowest BCUT2D eigenvalue weighted by Gasteiger charge is -2.27. The summed E-state index contributed by atoms with van der Waals surface area (Å²) in [7, 11) is 0. The summed E-state index contributed by atoms with van der Waals surface area (Å²) in [5, 5.41) is 3.51. The zero-order chi connectivity index (χ0) is 8.10. The van der Waals surface area contributed by atoms with Gasteiger partial charge in [0.2, 0.25) is 0 Å². The molecule has 0 bridgehead atoms. The molecule has 1 aliphatic rings. The van der Waals surface area contributed by atoms with Crippen molar-refractivity contribution in [2.75, 3.05) is 6.54 Å². The van der Waals surface area contributed by atoms with Crippen molar-refractivity contribution >= 4 is 0 Å². The third-order valence-corrected chi connectivity index (χ3v) is 2.50. The summed E-state index contributed by atoms with van der Waals surface area (Å²) < 4.78 is 0. The third-order valence-electron chi connectivity index (χ3n) is 2.50. The predicted molar refractivity (Wildman–Crippen MR) is 49.6 cm³/mol. The average molecular weight is 153 g/mol. The van der Waals surface area contributed by atoms with Gasteiger partial charge in [-0.3, -0.25) is 0 Å². The Kier molecular flexibility index (Phi) is 3.64. The quantitative estimate of drug-likeness (QED) is 0.598. The van der Waals surface area contributed by atoms with Crippen molar-refractivity contribution in [1.82, 2.24) is 5.32 Å². The maximum Gasteiger partial charge on any atom is 0.00732 e. The lowest BCUT2D eigenvalue weighted by Crippen LogP contribution is -2.33. The molecule has 0 spiro atoms. The molecule has 0 aromatic rings. The molecule has 0 saturated heterocycles. The highest BCUT2D eigenvalue weighted by atomic mass is 14.9. The van der Waals surface area contributed by atoms with Gasteiger partial charge in [-0.15, -0.1) is 6.58 Å². The van der Waals surface area contributed by atoms with E-state index in [0.29, 0.717) is 6.04 Å². The zero-order valence-electron chi connectivity index (χ0n) is 7.47. The summed E-state index contributed by atoms with van der Waals surface area (Å²) in [5.74, 6) is 0.974. The fourth-order valence-electron chi connectivity index (χ4n) is 1.40. The third kappa shape index (κ3) is 3.06. The molecule has 11 heavy (non-hydrogen) atoms. The fourth-order valence-corrected chi connectivity index (χ4v) is 1.40. The molecule has 0 aromatic carbocycles. The Morgan fingerprint density at radius 1 is 1.64 bits per heavy atom. The highest BCUT2D eigenvalue weighted by Crippen LogP contribution is 2.25. The summed E-state index contributed by atoms with van der Waals surface area (Å²) in [4.78, 5) is 0. The molecule has 1 nitrogen and oxygen atoms in total. The van der Waals surface area contributed by atoms with E-state index in [1.807, 2.05) is 6.08 Å². The smallest absolute Gasteiger partial charge is 0.00732 e. The van der Waals surface area contributed by atoms with Crippen LogP contribution in [0.1, 0.15) is 32.6 Å². The first-order valence-electron chi connectivity index (χ1n) is 4.67. The summed E-state index contributed by atoms with van der Waals surface area (Å²) in [6.07, 6.45) is 7.40. The molecular formula is C10H19N. The van der Waals surface area contributed by atoms with Gasteiger partial charge in [-0.2, -0.15) is 0 Å². The Morgan fingerprint density at radius 2 is 2.36 bits per heavy atom. The maximum absolute atomic E-state index is 3.72. The normalized spacial score (nSPS) is 20.8. The van der Waals surface area contributed by atoms with E-state index in [0.717, 1.165) is 12.3 Å². The van der Waals surface area contributed by atoms with Gasteiger partial charge in [0.1, 0.15) is 0 Å². The Balaban J connectivity index is 1.96. The minimum atomic E-state index is 0.619. The molecule has 0 amide bonds. The van der Waals surface area contributed by atoms with Crippen LogP contribution in [0.3, 0.4) is 0 Å². The molecule has 1 atom stereocenters. The first kappa shape index (κ1) is 8.79. The molecule has 0 aliphatic heterocycles. The van der Waals surface area contributed by atoms with E-state index in [-0.39, 0.29) is 0 Å². The van der Waals surface area contributed by atoms with Crippen LogP contribution in [-0.4, -0.2) is 12.6 Å². The summed E-state index contributed by atoms with van der Waals surface area (Å²) in [6.45, 7) is 7.16. The fraction of sp³-hybridized carbons (Fsp3) is 0.800. The van der Waals surface area contributed by atoms with Crippen LogP contribution in [0.4, 0.5) is 0 Å². The molecule has 1 N–H and O–H groups in total. The van der Waals surface area contributed by atoms with Crippen molar-refractivity contribution in [3.8, 4) is 0 Å². The molecule has 1 fully saturated rings. The minimum absolute atomic E-state index is 0.619. The van der Waals surface area contributed by atoms with Gasteiger partial charge in [0.25, 0.3) is 0 Å². The minimum Gasteiger partial charge on any atom is -0.314 e. The number of rotatable bonds is 5. The van der Waals surface area contributed by atoms with E-state index in [1.54, 1.807) is 0 Å². The van der Waals surface area contributed by atoms with Crippen LogP contribution >= 0.6 is 0 Å². The average Bonchev–Trinajstić information content (AvgIpc) is 1.85. The Bertz CT molecular complexity index is 116. The Morgan fingerprint density at radius 3 is 2.82 bits per heavy atom. The molecule has 0 aromatic heterocycles. The van der Waals surface area contributed by atoms with E-state index < -0.39 is 0 Å². The molecular weight excluding hydrogens is 134 g/mol. The Hall–Kier alpha value is -0.300.